The summed E-state index contributed by atoms with van der Waals surface area (Å²) in [7, 11) is 1.57. The lowest BCUT2D eigenvalue weighted by Gasteiger charge is -2.28. The largest absolute Gasteiger partial charge is 0.493 e. The number of nitrogens with two attached hydrogens (primary N) is 1. The van der Waals surface area contributed by atoms with E-state index in [1.807, 2.05) is 25.3 Å². The third-order valence-corrected chi connectivity index (χ3v) is 5.89. The van der Waals surface area contributed by atoms with Gasteiger partial charge in [0.25, 0.3) is 0 Å². The van der Waals surface area contributed by atoms with E-state index in [2.05, 4.69) is 31.2 Å². The minimum absolute atomic E-state index is 0.165. The van der Waals surface area contributed by atoms with Crippen molar-refractivity contribution < 1.29 is 19.0 Å². The molecule has 0 amide bonds. The first kappa shape index (κ1) is 19.8. The zero-order valence-electron chi connectivity index (χ0n) is 16.0. The first-order valence-electron chi connectivity index (χ1n) is 8.87. The van der Waals surface area contributed by atoms with Crippen LogP contribution in [0.25, 0.3) is 0 Å². The molecule has 8 nitrogen and oxygen atoms in total. The maximum atomic E-state index is 12.6. The molecule has 1 atom stereocenters. The third-order valence-electron chi connectivity index (χ3n) is 4.75. The highest BCUT2D eigenvalue weighted by Crippen LogP contribution is 2.48. The van der Waals surface area contributed by atoms with Gasteiger partial charge in [-0.1, -0.05) is 11.8 Å². The predicted molar refractivity (Wildman–Crippen MR) is 114 cm³/mol. The Balaban J connectivity index is 1.95. The Morgan fingerprint density at radius 1 is 1.41 bits per heavy atom. The Bertz CT molecular complexity index is 1040. The summed E-state index contributed by atoms with van der Waals surface area (Å²) in [5.41, 5.74) is 8.93. The number of hydrogen-bond donors (Lipinski definition) is 2. The summed E-state index contributed by atoms with van der Waals surface area (Å²) in [5.74, 6) is 1.15. The van der Waals surface area contributed by atoms with E-state index in [0.29, 0.717) is 56.2 Å². The average Bonchev–Trinajstić information content (AvgIpc) is 3.08. The Hall–Kier alpha value is -2.46. The van der Waals surface area contributed by atoms with E-state index < -0.39 is 5.92 Å². The van der Waals surface area contributed by atoms with E-state index in [0.717, 1.165) is 5.56 Å². The van der Waals surface area contributed by atoms with Gasteiger partial charge in [-0.05, 0) is 46.8 Å². The molecule has 1 aromatic carbocycles. The van der Waals surface area contributed by atoms with Crippen LogP contribution >= 0.6 is 27.7 Å². The van der Waals surface area contributed by atoms with E-state index in [1.54, 1.807) is 7.11 Å². The number of cyclic esters (lactones) is 1. The Labute approximate surface area is 180 Å². The van der Waals surface area contributed by atoms with Crippen LogP contribution in [0, 0.1) is 0 Å². The molecular weight excluding hydrogens is 460 g/mol. The van der Waals surface area contributed by atoms with Crippen LogP contribution in [-0.4, -0.2) is 42.5 Å². The number of carbonyl (C=O) groups excluding carboxylic acids is 1. The smallest absolute Gasteiger partial charge is 0.337 e. The monoisotopic (exact) mass is 478 g/mol. The summed E-state index contributed by atoms with van der Waals surface area (Å²) in [4.78, 5) is 21.5. The molecule has 3 N–H and O–H groups in total. The molecular formula is C19H19BrN4O4S. The summed E-state index contributed by atoms with van der Waals surface area (Å²) in [6.07, 6.45) is 1.88. The van der Waals surface area contributed by atoms with Gasteiger partial charge < -0.3 is 25.3 Å². The number of methoxy groups -OCH3 is 1. The summed E-state index contributed by atoms with van der Waals surface area (Å²) in [5, 5.41) is 3.75. The number of nitrogen functional groups attached to an aromatic ring is 1. The van der Waals surface area contributed by atoms with Gasteiger partial charge in [-0.25, -0.2) is 14.8 Å². The van der Waals surface area contributed by atoms with Crippen LogP contribution in [0.15, 0.2) is 33.0 Å². The number of halogens is 1. The predicted octanol–water partition coefficient (Wildman–Crippen LogP) is 3.32. The van der Waals surface area contributed by atoms with Crippen LogP contribution in [0.4, 0.5) is 11.6 Å². The zero-order valence-corrected chi connectivity index (χ0v) is 18.4. The van der Waals surface area contributed by atoms with Gasteiger partial charge >= 0.3 is 5.97 Å². The van der Waals surface area contributed by atoms with Crippen molar-refractivity contribution in [1.82, 2.24) is 9.97 Å². The van der Waals surface area contributed by atoms with Crippen LogP contribution < -0.4 is 20.5 Å². The molecule has 0 saturated heterocycles. The molecule has 0 saturated carbocycles. The van der Waals surface area contributed by atoms with E-state index in [1.165, 1.54) is 11.8 Å². The number of thioether (sulfide) groups is 1. The number of nitrogens with one attached hydrogen (secondary N) is 1. The average molecular weight is 479 g/mol. The molecule has 0 fully saturated rings. The van der Waals surface area contributed by atoms with Crippen molar-refractivity contribution in [1.29, 1.82) is 0 Å². The Morgan fingerprint density at radius 3 is 2.90 bits per heavy atom. The molecule has 2 aliphatic rings. The number of hydrogen-bond acceptors (Lipinski definition) is 9. The van der Waals surface area contributed by atoms with Crippen molar-refractivity contribution in [3.63, 3.8) is 0 Å². The lowest BCUT2D eigenvalue weighted by Crippen LogP contribution is -2.23. The molecule has 152 valence electrons. The fourth-order valence-electron chi connectivity index (χ4n) is 3.56. The quantitative estimate of drug-likeness (QED) is 0.379. The second-order valence-electron chi connectivity index (χ2n) is 6.35. The first-order valence-corrected chi connectivity index (χ1v) is 10.9. The highest BCUT2D eigenvalue weighted by atomic mass is 79.9. The standard InChI is InChI=1S/C19H19BrN4O4S/c1-4-27-15-9(20)5-8(6-11(15)26-2)12-13-10(7-28-18(13)25)22-17-14(12)16(21)23-19(24-17)29-3/h5-6,12H,4,7H2,1-3H3,(H3,21,22,23,24). The number of ether oxygens (including phenoxy) is 3. The lowest BCUT2D eigenvalue weighted by atomic mass is 9.82. The maximum absolute atomic E-state index is 12.6. The SMILES string of the molecule is CCOc1c(Br)cc(C2C3=C(COC3=O)Nc3nc(SC)nc(N)c32)cc1OC. The van der Waals surface area contributed by atoms with Gasteiger partial charge in [0.1, 0.15) is 18.2 Å². The van der Waals surface area contributed by atoms with Crippen molar-refractivity contribution in [2.75, 3.05) is 37.6 Å². The minimum atomic E-state index is -0.493. The van der Waals surface area contributed by atoms with Crippen molar-refractivity contribution in [3.05, 3.63) is 39.0 Å². The molecule has 2 aliphatic heterocycles. The molecule has 0 aliphatic carbocycles. The summed E-state index contributed by atoms with van der Waals surface area (Å²) in [6, 6.07) is 3.74. The van der Waals surface area contributed by atoms with E-state index >= 15 is 0 Å². The van der Waals surface area contributed by atoms with Crippen molar-refractivity contribution in [3.8, 4) is 11.5 Å². The van der Waals surface area contributed by atoms with Gasteiger partial charge in [0.05, 0.1) is 35.4 Å². The molecule has 10 heteroatoms. The van der Waals surface area contributed by atoms with Gasteiger partial charge in [0.15, 0.2) is 16.7 Å². The number of rotatable bonds is 5. The fraction of sp³-hybridized carbons (Fsp3) is 0.316. The number of aromatic nitrogens is 2. The van der Waals surface area contributed by atoms with Crippen LogP contribution in [-0.2, 0) is 9.53 Å². The van der Waals surface area contributed by atoms with E-state index in [9.17, 15) is 4.79 Å². The molecule has 1 aromatic heterocycles. The molecule has 0 spiro atoms. The van der Waals surface area contributed by atoms with Crippen LogP contribution in [0.5, 0.6) is 11.5 Å². The number of esters is 1. The van der Waals surface area contributed by atoms with E-state index in [-0.39, 0.29) is 12.6 Å². The number of fused-ring (bicyclic) bond motifs is 1. The van der Waals surface area contributed by atoms with Crippen LogP contribution in [0.1, 0.15) is 24.0 Å². The van der Waals surface area contributed by atoms with Gasteiger partial charge in [0, 0.05) is 5.56 Å². The van der Waals surface area contributed by atoms with Crippen molar-refractivity contribution in [2.24, 2.45) is 0 Å². The zero-order chi connectivity index (χ0) is 20.7. The second-order valence-corrected chi connectivity index (χ2v) is 7.98. The normalized spacial score (nSPS) is 17.4. The van der Waals surface area contributed by atoms with Crippen molar-refractivity contribution in [2.45, 2.75) is 18.0 Å². The number of anilines is 2. The summed E-state index contributed by atoms with van der Waals surface area (Å²) >= 11 is 4.95. The van der Waals surface area contributed by atoms with Gasteiger partial charge in [0.2, 0.25) is 0 Å². The number of carbonyl (C=O) groups is 1. The van der Waals surface area contributed by atoms with Gasteiger partial charge in [-0.3, -0.25) is 0 Å². The van der Waals surface area contributed by atoms with Gasteiger partial charge in [-0.2, -0.15) is 0 Å². The molecule has 1 unspecified atom stereocenters. The molecule has 2 aromatic rings. The minimum Gasteiger partial charge on any atom is -0.493 e. The third kappa shape index (κ3) is 3.29. The summed E-state index contributed by atoms with van der Waals surface area (Å²) in [6.45, 7) is 2.55. The maximum Gasteiger partial charge on any atom is 0.337 e. The highest BCUT2D eigenvalue weighted by Gasteiger charge is 2.41. The lowest BCUT2D eigenvalue weighted by molar-refractivity contribution is -0.136. The molecule has 3 heterocycles. The Morgan fingerprint density at radius 2 is 2.21 bits per heavy atom. The van der Waals surface area contributed by atoms with Gasteiger partial charge in [-0.15, -0.1) is 0 Å². The van der Waals surface area contributed by atoms with Crippen LogP contribution in [0.3, 0.4) is 0 Å². The van der Waals surface area contributed by atoms with E-state index in [4.69, 9.17) is 19.9 Å². The fourth-order valence-corrected chi connectivity index (χ4v) is 4.51. The highest BCUT2D eigenvalue weighted by molar-refractivity contribution is 9.10. The second kappa shape index (κ2) is 7.75. The van der Waals surface area contributed by atoms with Crippen molar-refractivity contribution >= 4 is 45.3 Å². The first-order chi connectivity index (χ1) is 14.0. The molecule has 4 rings (SSSR count). The Kier molecular flexibility index (Phi) is 5.30. The number of benzene rings is 1. The molecule has 0 bridgehead atoms. The molecule has 29 heavy (non-hydrogen) atoms. The van der Waals surface area contributed by atoms with Crippen LogP contribution in [0.2, 0.25) is 0 Å². The summed E-state index contributed by atoms with van der Waals surface area (Å²) < 4.78 is 17.2. The topological polar surface area (TPSA) is 109 Å². The number of nitrogens with zero attached hydrogens (tertiary/aromatic N) is 2. The molecule has 0 radical (unpaired) electrons.